The Morgan fingerprint density at radius 2 is 2.21 bits per heavy atom. The summed E-state index contributed by atoms with van der Waals surface area (Å²) in [5.41, 5.74) is 5.73. The smallest absolute Gasteiger partial charge is 0.240 e. The molecule has 0 aromatic carbocycles. The molecule has 19 heavy (non-hydrogen) atoms. The van der Waals surface area contributed by atoms with Crippen molar-refractivity contribution in [1.29, 1.82) is 0 Å². The minimum absolute atomic E-state index is 0. The highest BCUT2D eigenvalue weighted by Crippen LogP contribution is 2.23. The van der Waals surface area contributed by atoms with E-state index in [1.807, 2.05) is 0 Å². The molecule has 1 aliphatic heterocycles. The van der Waals surface area contributed by atoms with Crippen molar-refractivity contribution in [3.63, 3.8) is 0 Å². The first-order chi connectivity index (χ1) is 8.58. The van der Waals surface area contributed by atoms with Crippen molar-refractivity contribution < 1.29 is 4.52 Å². The molecule has 1 aromatic rings. The Bertz CT molecular complexity index is 382. The Kier molecular flexibility index (Phi) is 6.23. The second kappa shape index (κ2) is 7.22. The van der Waals surface area contributed by atoms with Crippen LogP contribution in [0.25, 0.3) is 0 Å². The van der Waals surface area contributed by atoms with Crippen LogP contribution in [0.15, 0.2) is 4.52 Å². The molecule has 1 aromatic heterocycles. The van der Waals surface area contributed by atoms with Crippen LogP contribution in [0.1, 0.15) is 38.9 Å². The van der Waals surface area contributed by atoms with Gasteiger partial charge in [0.15, 0.2) is 5.82 Å². The van der Waals surface area contributed by atoms with E-state index in [2.05, 4.69) is 35.8 Å². The summed E-state index contributed by atoms with van der Waals surface area (Å²) >= 11 is 0. The van der Waals surface area contributed by atoms with Crippen LogP contribution in [-0.4, -0.2) is 34.2 Å². The summed E-state index contributed by atoms with van der Waals surface area (Å²) < 4.78 is 5.31. The van der Waals surface area contributed by atoms with Gasteiger partial charge in [-0.2, -0.15) is 4.98 Å². The third kappa shape index (κ3) is 4.44. The summed E-state index contributed by atoms with van der Waals surface area (Å²) in [4.78, 5) is 6.83. The Labute approximate surface area is 121 Å². The monoisotopic (exact) mass is 288 g/mol. The maximum Gasteiger partial charge on any atom is 0.240 e. The van der Waals surface area contributed by atoms with Crippen molar-refractivity contribution in [2.24, 2.45) is 17.6 Å². The quantitative estimate of drug-likeness (QED) is 0.896. The lowest BCUT2D eigenvalue weighted by Crippen LogP contribution is -2.27. The third-order valence-corrected chi connectivity index (χ3v) is 3.56. The Hall–Kier alpha value is -0.650. The normalized spacial score (nSPS) is 23.8. The van der Waals surface area contributed by atoms with E-state index in [0.29, 0.717) is 17.9 Å². The second-order valence-electron chi connectivity index (χ2n) is 5.82. The van der Waals surface area contributed by atoms with E-state index in [4.69, 9.17) is 10.3 Å². The number of likely N-dealkylation sites (tertiary alicyclic amines) is 1. The predicted molar refractivity (Wildman–Crippen MR) is 77.1 cm³/mol. The average molecular weight is 289 g/mol. The van der Waals surface area contributed by atoms with E-state index >= 15 is 0 Å². The van der Waals surface area contributed by atoms with Gasteiger partial charge in [0.25, 0.3) is 0 Å². The molecular formula is C13H25ClN4O. The molecule has 1 aliphatic rings. The summed E-state index contributed by atoms with van der Waals surface area (Å²) in [5.74, 6) is 2.72. The molecule has 0 amide bonds. The van der Waals surface area contributed by atoms with Gasteiger partial charge in [0, 0.05) is 19.0 Å². The number of aromatic nitrogens is 2. The van der Waals surface area contributed by atoms with Crippen LogP contribution in [-0.2, 0) is 13.0 Å². The molecular weight excluding hydrogens is 264 g/mol. The zero-order valence-electron chi connectivity index (χ0n) is 12.0. The van der Waals surface area contributed by atoms with Crippen LogP contribution in [0.3, 0.4) is 0 Å². The average Bonchev–Trinajstić information content (AvgIpc) is 2.86. The Morgan fingerprint density at radius 3 is 2.79 bits per heavy atom. The molecule has 1 fully saturated rings. The van der Waals surface area contributed by atoms with Crippen LogP contribution in [0.4, 0.5) is 0 Å². The summed E-state index contributed by atoms with van der Waals surface area (Å²) in [6.45, 7) is 9.11. The number of hydrogen-bond acceptors (Lipinski definition) is 5. The predicted octanol–water partition coefficient (Wildman–Crippen LogP) is 1.86. The maximum atomic E-state index is 5.73. The molecule has 2 N–H and O–H groups in total. The van der Waals surface area contributed by atoms with Crippen molar-refractivity contribution in [2.45, 2.75) is 46.2 Å². The largest absolute Gasteiger partial charge is 0.338 e. The SMILES string of the molecule is CC(C)Cc1noc(CN2CC(CN)CC2C)n1.Cl. The summed E-state index contributed by atoms with van der Waals surface area (Å²) in [6, 6.07) is 0.555. The summed E-state index contributed by atoms with van der Waals surface area (Å²) in [7, 11) is 0. The van der Waals surface area contributed by atoms with Crippen molar-refractivity contribution in [3.8, 4) is 0 Å². The Balaban J connectivity index is 0.00000180. The first kappa shape index (κ1) is 16.4. The van der Waals surface area contributed by atoms with Gasteiger partial charge in [-0.15, -0.1) is 12.4 Å². The van der Waals surface area contributed by atoms with Crippen LogP contribution >= 0.6 is 12.4 Å². The van der Waals surface area contributed by atoms with Crippen molar-refractivity contribution in [1.82, 2.24) is 15.0 Å². The first-order valence-corrected chi connectivity index (χ1v) is 6.84. The van der Waals surface area contributed by atoms with Crippen LogP contribution < -0.4 is 5.73 Å². The lowest BCUT2D eigenvalue weighted by molar-refractivity contribution is 0.218. The van der Waals surface area contributed by atoms with Crippen LogP contribution in [0.5, 0.6) is 0 Å². The van der Waals surface area contributed by atoms with Gasteiger partial charge in [0.1, 0.15) is 0 Å². The molecule has 2 unspecified atom stereocenters. The number of nitrogens with zero attached hydrogens (tertiary/aromatic N) is 3. The van der Waals surface area contributed by atoms with Crippen molar-refractivity contribution in [2.75, 3.05) is 13.1 Å². The van der Waals surface area contributed by atoms with Crippen molar-refractivity contribution in [3.05, 3.63) is 11.7 Å². The summed E-state index contributed by atoms with van der Waals surface area (Å²) in [5, 5.41) is 4.03. The fourth-order valence-electron chi connectivity index (χ4n) is 2.58. The third-order valence-electron chi connectivity index (χ3n) is 3.56. The van der Waals surface area contributed by atoms with E-state index in [-0.39, 0.29) is 12.4 Å². The van der Waals surface area contributed by atoms with Gasteiger partial charge in [-0.25, -0.2) is 0 Å². The molecule has 5 nitrogen and oxygen atoms in total. The van der Waals surface area contributed by atoms with Crippen LogP contribution in [0, 0.1) is 11.8 Å². The van der Waals surface area contributed by atoms with E-state index in [1.54, 1.807) is 0 Å². The fraction of sp³-hybridized carbons (Fsp3) is 0.846. The number of rotatable bonds is 5. The molecule has 0 saturated carbocycles. The van der Waals surface area contributed by atoms with Gasteiger partial charge in [0.2, 0.25) is 5.89 Å². The molecule has 1 saturated heterocycles. The van der Waals surface area contributed by atoms with Crippen molar-refractivity contribution >= 4 is 12.4 Å². The number of hydrogen-bond donors (Lipinski definition) is 1. The van der Waals surface area contributed by atoms with Gasteiger partial charge in [-0.1, -0.05) is 19.0 Å². The van der Waals surface area contributed by atoms with E-state index < -0.39 is 0 Å². The fourth-order valence-corrected chi connectivity index (χ4v) is 2.58. The van der Waals surface area contributed by atoms with Gasteiger partial charge < -0.3 is 10.3 Å². The zero-order chi connectivity index (χ0) is 13.1. The topological polar surface area (TPSA) is 68.2 Å². The molecule has 0 radical (unpaired) electrons. The standard InChI is InChI=1S/C13H24N4O.ClH/c1-9(2)4-12-15-13(18-16-12)8-17-7-11(6-14)5-10(17)3;/h9-11H,4-8,14H2,1-3H3;1H. The van der Waals surface area contributed by atoms with Gasteiger partial charge in [-0.05, 0) is 31.7 Å². The molecule has 0 bridgehead atoms. The molecule has 2 rings (SSSR count). The lowest BCUT2D eigenvalue weighted by Gasteiger charge is -2.18. The Morgan fingerprint density at radius 1 is 1.47 bits per heavy atom. The molecule has 110 valence electrons. The number of halogens is 1. The van der Waals surface area contributed by atoms with Gasteiger partial charge in [-0.3, -0.25) is 4.90 Å². The first-order valence-electron chi connectivity index (χ1n) is 6.84. The molecule has 0 aliphatic carbocycles. The maximum absolute atomic E-state index is 5.73. The molecule has 2 heterocycles. The molecule has 6 heteroatoms. The molecule has 2 atom stereocenters. The summed E-state index contributed by atoms with van der Waals surface area (Å²) in [6.07, 6.45) is 2.05. The minimum Gasteiger partial charge on any atom is -0.338 e. The minimum atomic E-state index is 0. The van der Waals surface area contributed by atoms with Gasteiger partial charge >= 0.3 is 0 Å². The second-order valence-corrected chi connectivity index (χ2v) is 5.82. The number of nitrogens with two attached hydrogens (primary N) is 1. The van der Waals surface area contributed by atoms with Crippen LogP contribution in [0.2, 0.25) is 0 Å². The highest BCUT2D eigenvalue weighted by Gasteiger charge is 2.29. The lowest BCUT2D eigenvalue weighted by atomic mass is 10.1. The highest BCUT2D eigenvalue weighted by molar-refractivity contribution is 5.85. The van der Waals surface area contributed by atoms with E-state index in [0.717, 1.165) is 37.8 Å². The van der Waals surface area contributed by atoms with E-state index in [1.165, 1.54) is 6.42 Å². The highest BCUT2D eigenvalue weighted by atomic mass is 35.5. The van der Waals surface area contributed by atoms with E-state index in [9.17, 15) is 0 Å². The molecule has 0 spiro atoms. The zero-order valence-corrected chi connectivity index (χ0v) is 12.8. The van der Waals surface area contributed by atoms with Gasteiger partial charge in [0.05, 0.1) is 6.54 Å².